The van der Waals surface area contributed by atoms with Gasteiger partial charge < -0.3 is 5.32 Å². The fourth-order valence-electron chi connectivity index (χ4n) is 2.18. The minimum absolute atomic E-state index is 0.0164. The number of aromatic nitrogens is 3. The van der Waals surface area contributed by atoms with E-state index >= 15 is 0 Å². The predicted octanol–water partition coefficient (Wildman–Crippen LogP) is 3.02. The average Bonchev–Trinajstić information content (AvgIpc) is 2.77. The van der Waals surface area contributed by atoms with Crippen LogP contribution >= 0.6 is 0 Å². The van der Waals surface area contributed by atoms with Crippen LogP contribution in [-0.2, 0) is 7.05 Å². The number of nitro groups is 1. The molecule has 2 aromatic heterocycles. The summed E-state index contributed by atoms with van der Waals surface area (Å²) in [6.07, 6.45) is 1.70. The Morgan fingerprint density at radius 2 is 2.05 bits per heavy atom. The summed E-state index contributed by atoms with van der Waals surface area (Å²) in [5.74, 6) is 0.388. The number of nitrogens with zero attached hydrogens (tertiary/aromatic N) is 4. The van der Waals surface area contributed by atoms with E-state index in [1.165, 1.54) is 4.68 Å². The molecular formula is C14H19N5O2. The second-order valence-corrected chi connectivity index (χ2v) is 5.24. The zero-order valence-electron chi connectivity index (χ0n) is 12.6. The van der Waals surface area contributed by atoms with Crippen molar-refractivity contribution in [1.82, 2.24) is 14.8 Å². The van der Waals surface area contributed by atoms with Crippen molar-refractivity contribution in [2.75, 3.05) is 5.32 Å². The normalized spacial score (nSPS) is 12.4. The lowest BCUT2D eigenvalue weighted by atomic mass is 10.1. The molecule has 0 spiro atoms. The molecule has 0 aliphatic heterocycles. The summed E-state index contributed by atoms with van der Waals surface area (Å²) in [5.41, 5.74) is 1.34. The number of hydrogen-bond acceptors (Lipinski definition) is 5. The summed E-state index contributed by atoms with van der Waals surface area (Å²) in [6.45, 7) is 5.69. The Hall–Kier alpha value is -2.44. The summed E-state index contributed by atoms with van der Waals surface area (Å²) in [4.78, 5) is 15.3. The van der Waals surface area contributed by atoms with E-state index in [1.54, 1.807) is 13.2 Å². The number of pyridine rings is 1. The van der Waals surface area contributed by atoms with Crippen molar-refractivity contribution in [3.63, 3.8) is 0 Å². The molecule has 0 radical (unpaired) electrons. The monoisotopic (exact) mass is 289 g/mol. The highest BCUT2D eigenvalue weighted by Gasteiger charge is 2.29. The van der Waals surface area contributed by atoms with Crippen molar-refractivity contribution in [3.8, 4) is 0 Å². The van der Waals surface area contributed by atoms with Crippen LogP contribution < -0.4 is 5.32 Å². The first-order valence-corrected chi connectivity index (χ1v) is 6.80. The average molecular weight is 289 g/mol. The molecule has 0 aromatic carbocycles. The second kappa shape index (κ2) is 5.90. The highest BCUT2D eigenvalue weighted by atomic mass is 16.6. The van der Waals surface area contributed by atoms with Crippen LogP contribution in [0.1, 0.15) is 44.1 Å². The van der Waals surface area contributed by atoms with Gasteiger partial charge in [0.05, 0.1) is 16.7 Å². The van der Waals surface area contributed by atoms with Crippen LogP contribution in [0.3, 0.4) is 0 Å². The number of rotatable bonds is 5. The van der Waals surface area contributed by atoms with Crippen molar-refractivity contribution in [2.45, 2.75) is 32.7 Å². The Labute approximate surface area is 123 Å². The van der Waals surface area contributed by atoms with Crippen LogP contribution in [0.5, 0.6) is 0 Å². The molecule has 1 atom stereocenters. The van der Waals surface area contributed by atoms with Crippen LogP contribution in [0, 0.1) is 10.1 Å². The van der Waals surface area contributed by atoms with E-state index in [-0.39, 0.29) is 22.6 Å². The van der Waals surface area contributed by atoms with Gasteiger partial charge in [0.25, 0.3) is 0 Å². The summed E-state index contributed by atoms with van der Waals surface area (Å²) in [6, 6.07) is 5.45. The molecule has 112 valence electrons. The van der Waals surface area contributed by atoms with E-state index in [2.05, 4.69) is 15.4 Å². The number of anilines is 1. The molecule has 2 aromatic rings. The molecule has 0 saturated carbocycles. The van der Waals surface area contributed by atoms with E-state index in [4.69, 9.17) is 0 Å². The lowest BCUT2D eigenvalue weighted by Gasteiger charge is -2.14. The van der Waals surface area contributed by atoms with E-state index in [9.17, 15) is 10.1 Å². The Balaban J connectivity index is 2.38. The molecule has 1 unspecified atom stereocenters. The molecule has 0 aliphatic carbocycles. The quantitative estimate of drug-likeness (QED) is 0.675. The van der Waals surface area contributed by atoms with E-state index in [0.717, 1.165) is 5.69 Å². The van der Waals surface area contributed by atoms with Gasteiger partial charge in [-0.2, -0.15) is 5.10 Å². The fraction of sp³-hybridized carbons (Fsp3) is 0.429. The third-order valence-electron chi connectivity index (χ3n) is 3.26. The van der Waals surface area contributed by atoms with Crippen molar-refractivity contribution in [3.05, 3.63) is 45.9 Å². The minimum atomic E-state index is -0.379. The summed E-state index contributed by atoms with van der Waals surface area (Å²) >= 11 is 0. The van der Waals surface area contributed by atoms with E-state index < -0.39 is 0 Å². The van der Waals surface area contributed by atoms with Crippen LogP contribution in [0.4, 0.5) is 11.5 Å². The topological polar surface area (TPSA) is 85.9 Å². The predicted molar refractivity (Wildman–Crippen MR) is 80.2 cm³/mol. The van der Waals surface area contributed by atoms with Gasteiger partial charge in [-0.05, 0) is 19.1 Å². The first kappa shape index (κ1) is 15.0. The molecule has 2 heterocycles. The number of hydrogen-bond donors (Lipinski definition) is 1. The largest absolute Gasteiger partial charge is 0.356 e. The van der Waals surface area contributed by atoms with Crippen LogP contribution in [0.2, 0.25) is 0 Å². The molecule has 0 aliphatic rings. The van der Waals surface area contributed by atoms with Gasteiger partial charge in [0, 0.05) is 19.2 Å². The van der Waals surface area contributed by atoms with Gasteiger partial charge in [-0.3, -0.25) is 15.1 Å². The smallest absolute Gasteiger partial charge is 0.334 e. The number of nitrogens with one attached hydrogen (secondary N) is 1. The SMILES string of the molecule is CC(C)c1nn(C)c(NC(C)c2ccccn2)c1[N+](=O)[O-]. The third-order valence-corrected chi connectivity index (χ3v) is 3.26. The Bertz CT molecular complexity index is 636. The minimum Gasteiger partial charge on any atom is -0.356 e. The van der Waals surface area contributed by atoms with Crippen LogP contribution in [-0.4, -0.2) is 19.7 Å². The highest BCUT2D eigenvalue weighted by Crippen LogP contribution is 2.34. The molecule has 0 fully saturated rings. The van der Waals surface area contributed by atoms with Gasteiger partial charge >= 0.3 is 5.69 Å². The van der Waals surface area contributed by atoms with Gasteiger partial charge in [-0.25, -0.2) is 4.68 Å². The Morgan fingerprint density at radius 1 is 1.33 bits per heavy atom. The number of aryl methyl sites for hydroxylation is 1. The van der Waals surface area contributed by atoms with Crippen molar-refractivity contribution < 1.29 is 4.92 Å². The molecule has 1 N–H and O–H groups in total. The first-order chi connectivity index (χ1) is 9.91. The summed E-state index contributed by atoms with van der Waals surface area (Å²) < 4.78 is 1.52. The maximum absolute atomic E-state index is 11.4. The van der Waals surface area contributed by atoms with Crippen LogP contribution in [0.25, 0.3) is 0 Å². The molecule has 7 heteroatoms. The highest BCUT2D eigenvalue weighted by molar-refractivity contribution is 5.61. The van der Waals surface area contributed by atoms with Crippen molar-refractivity contribution >= 4 is 11.5 Å². The first-order valence-electron chi connectivity index (χ1n) is 6.80. The van der Waals surface area contributed by atoms with E-state index in [1.807, 2.05) is 39.0 Å². The molecule has 0 amide bonds. The van der Waals surface area contributed by atoms with Gasteiger partial charge in [0.15, 0.2) is 0 Å². The maximum Gasteiger partial charge on any atom is 0.334 e. The molecule has 7 nitrogen and oxygen atoms in total. The molecule has 2 rings (SSSR count). The van der Waals surface area contributed by atoms with E-state index in [0.29, 0.717) is 11.5 Å². The standard InChI is InChI=1S/C14H19N5O2/c1-9(2)12-13(19(20)21)14(18(4)17-12)16-10(3)11-7-5-6-8-15-11/h5-10,16H,1-4H3. The maximum atomic E-state index is 11.4. The molecular weight excluding hydrogens is 270 g/mol. The van der Waals surface area contributed by atoms with Crippen LogP contribution in [0.15, 0.2) is 24.4 Å². The Morgan fingerprint density at radius 3 is 2.57 bits per heavy atom. The lowest BCUT2D eigenvalue weighted by molar-refractivity contribution is -0.384. The lowest BCUT2D eigenvalue weighted by Crippen LogP contribution is -2.12. The summed E-state index contributed by atoms with van der Waals surface area (Å²) in [7, 11) is 1.70. The molecule has 0 saturated heterocycles. The molecule has 0 bridgehead atoms. The van der Waals surface area contributed by atoms with Gasteiger partial charge in [0.1, 0.15) is 5.69 Å². The van der Waals surface area contributed by atoms with Gasteiger partial charge in [-0.1, -0.05) is 19.9 Å². The second-order valence-electron chi connectivity index (χ2n) is 5.24. The van der Waals surface area contributed by atoms with Gasteiger partial charge in [0.2, 0.25) is 5.82 Å². The zero-order valence-corrected chi connectivity index (χ0v) is 12.6. The zero-order chi connectivity index (χ0) is 15.6. The third kappa shape index (κ3) is 3.01. The fourth-order valence-corrected chi connectivity index (χ4v) is 2.18. The molecule has 21 heavy (non-hydrogen) atoms. The van der Waals surface area contributed by atoms with Gasteiger partial charge in [-0.15, -0.1) is 0 Å². The Kier molecular flexibility index (Phi) is 4.21. The van der Waals surface area contributed by atoms with Crippen molar-refractivity contribution in [1.29, 1.82) is 0 Å². The summed E-state index contributed by atoms with van der Waals surface area (Å²) in [5, 5.41) is 18.8. The van der Waals surface area contributed by atoms with Crippen molar-refractivity contribution in [2.24, 2.45) is 7.05 Å².